The molecule has 1 N–H and O–H groups in total. The van der Waals surface area contributed by atoms with Crippen molar-refractivity contribution in [1.82, 2.24) is 10.2 Å². The number of carbonyl (C=O) groups is 2. The standard InChI is InChI=1S/C28H29FN2O2/c1-19-7-6-8-21(13-19)16-30-27(32)25-15-24(23-11-12-26(29)20(2)14-23)17-31(18-25)28(33)22-9-4-3-5-10-22/h3-14,24-25H,15-18H2,1-2H3,(H,30,32)/t24-,25-/m0/s1. The highest BCUT2D eigenvalue weighted by atomic mass is 19.1. The van der Waals surface area contributed by atoms with Gasteiger partial charge in [-0.25, -0.2) is 4.39 Å². The fourth-order valence-electron chi connectivity index (χ4n) is 4.54. The van der Waals surface area contributed by atoms with Crippen LogP contribution in [-0.4, -0.2) is 29.8 Å². The Balaban J connectivity index is 1.55. The number of carbonyl (C=O) groups excluding carboxylic acids is 2. The van der Waals surface area contributed by atoms with Crippen molar-refractivity contribution in [3.63, 3.8) is 0 Å². The number of piperidine rings is 1. The van der Waals surface area contributed by atoms with Crippen LogP contribution in [0.15, 0.2) is 72.8 Å². The maximum Gasteiger partial charge on any atom is 0.253 e. The zero-order chi connectivity index (χ0) is 23.4. The molecule has 170 valence electrons. The molecule has 2 amide bonds. The molecule has 2 atom stereocenters. The fraction of sp³-hybridized carbons (Fsp3) is 0.286. The maximum absolute atomic E-state index is 13.9. The van der Waals surface area contributed by atoms with Crippen molar-refractivity contribution >= 4 is 11.8 Å². The van der Waals surface area contributed by atoms with Gasteiger partial charge in [0.2, 0.25) is 5.91 Å². The highest BCUT2D eigenvalue weighted by Gasteiger charge is 2.35. The number of halogens is 1. The minimum absolute atomic E-state index is 0.0413. The molecule has 33 heavy (non-hydrogen) atoms. The Bertz CT molecular complexity index is 1150. The van der Waals surface area contributed by atoms with Gasteiger partial charge < -0.3 is 10.2 Å². The molecule has 5 heteroatoms. The average molecular weight is 445 g/mol. The number of aryl methyl sites for hydroxylation is 2. The topological polar surface area (TPSA) is 49.4 Å². The van der Waals surface area contributed by atoms with Gasteiger partial charge in [-0.1, -0.05) is 60.2 Å². The third kappa shape index (κ3) is 5.48. The van der Waals surface area contributed by atoms with E-state index in [1.54, 1.807) is 30.0 Å². The summed E-state index contributed by atoms with van der Waals surface area (Å²) < 4.78 is 13.9. The minimum Gasteiger partial charge on any atom is -0.352 e. The number of hydrogen-bond donors (Lipinski definition) is 1. The van der Waals surface area contributed by atoms with E-state index in [1.165, 1.54) is 6.07 Å². The second kappa shape index (κ2) is 9.99. The molecule has 0 unspecified atom stereocenters. The van der Waals surface area contributed by atoms with Crippen molar-refractivity contribution in [1.29, 1.82) is 0 Å². The number of likely N-dealkylation sites (tertiary alicyclic amines) is 1. The molecule has 0 bridgehead atoms. The molecule has 0 aliphatic carbocycles. The molecule has 4 rings (SSSR count). The van der Waals surface area contributed by atoms with Crippen molar-refractivity contribution in [2.24, 2.45) is 5.92 Å². The summed E-state index contributed by atoms with van der Waals surface area (Å²) in [5.41, 5.74) is 4.32. The van der Waals surface area contributed by atoms with Crippen molar-refractivity contribution in [3.05, 3.63) is 106 Å². The lowest BCUT2D eigenvalue weighted by molar-refractivity contribution is -0.126. The van der Waals surface area contributed by atoms with Crippen LogP contribution in [0.3, 0.4) is 0 Å². The van der Waals surface area contributed by atoms with Crippen LogP contribution in [-0.2, 0) is 11.3 Å². The Morgan fingerprint density at radius 2 is 1.76 bits per heavy atom. The molecule has 0 aromatic heterocycles. The van der Waals surface area contributed by atoms with Gasteiger partial charge in [0.25, 0.3) is 5.91 Å². The second-order valence-corrected chi connectivity index (χ2v) is 8.92. The Hall–Kier alpha value is -3.47. The van der Waals surface area contributed by atoms with Crippen molar-refractivity contribution in [3.8, 4) is 0 Å². The van der Waals surface area contributed by atoms with Gasteiger partial charge in [-0.2, -0.15) is 0 Å². The van der Waals surface area contributed by atoms with Gasteiger partial charge in [-0.15, -0.1) is 0 Å². The van der Waals surface area contributed by atoms with Crippen LogP contribution in [0.25, 0.3) is 0 Å². The number of nitrogens with zero attached hydrogens (tertiary/aromatic N) is 1. The van der Waals surface area contributed by atoms with E-state index in [9.17, 15) is 14.0 Å². The van der Waals surface area contributed by atoms with Gasteiger partial charge in [-0.3, -0.25) is 9.59 Å². The maximum atomic E-state index is 13.9. The first kappa shape index (κ1) is 22.7. The van der Waals surface area contributed by atoms with Crippen LogP contribution < -0.4 is 5.32 Å². The van der Waals surface area contributed by atoms with E-state index in [4.69, 9.17) is 0 Å². The van der Waals surface area contributed by atoms with E-state index in [1.807, 2.05) is 49.4 Å². The monoisotopic (exact) mass is 444 g/mol. The van der Waals surface area contributed by atoms with Crippen LogP contribution in [0.2, 0.25) is 0 Å². The third-order valence-electron chi connectivity index (χ3n) is 6.33. The quantitative estimate of drug-likeness (QED) is 0.602. The minimum atomic E-state index is -0.341. The number of rotatable bonds is 5. The molecule has 1 heterocycles. The summed E-state index contributed by atoms with van der Waals surface area (Å²) in [5, 5.41) is 3.05. The summed E-state index contributed by atoms with van der Waals surface area (Å²) in [6.45, 7) is 5.07. The molecule has 1 saturated heterocycles. The van der Waals surface area contributed by atoms with Gasteiger partial charge in [0.05, 0.1) is 5.92 Å². The van der Waals surface area contributed by atoms with Gasteiger partial charge in [-0.05, 0) is 55.2 Å². The molecular formula is C28H29FN2O2. The molecule has 0 radical (unpaired) electrons. The Morgan fingerprint density at radius 3 is 2.48 bits per heavy atom. The van der Waals surface area contributed by atoms with Crippen molar-refractivity contribution in [2.75, 3.05) is 13.1 Å². The molecule has 3 aromatic rings. The van der Waals surface area contributed by atoms with E-state index in [0.29, 0.717) is 37.2 Å². The van der Waals surface area contributed by atoms with Crippen LogP contribution in [0.1, 0.15) is 45.0 Å². The molecule has 1 fully saturated rings. The lowest BCUT2D eigenvalue weighted by Crippen LogP contribution is -2.48. The first-order valence-electron chi connectivity index (χ1n) is 11.3. The fourth-order valence-corrected chi connectivity index (χ4v) is 4.54. The van der Waals surface area contributed by atoms with E-state index in [0.717, 1.165) is 16.7 Å². The molecule has 0 spiro atoms. The molecule has 1 aliphatic heterocycles. The van der Waals surface area contributed by atoms with Crippen LogP contribution in [0.5, 0.6) is 0 Å². The summed E-state index contributed by atoms with van der Waals surface area (Å²) in [4.78, 5) is 28.1. The number of amides is 2. The first-order valence-corrected chi connectivity index (χ1v) is 11.3. The summed E-state index contributed by atoms with van der Waals surface area (Å²) in [7, 11) is 0. The lowest BCUT2D eigenvalue weighted by Gasteiger charge is -2.37. The zero-order valence-electron chi connectivity index (χ0n) is 19.1. The van der Waals surface area contributed by atoms with Crippen LogP contribution in [0.4, 0.5) is 4.39 Å². The summed E-state index contributed by atoms with van der Waals surface area (Å²) in [5.74, 6) is -0.784. The van der Waals surface area contributed by atoms with E-state index < -0.39 is 0 Å². The predicted molar refractivity (Wildman–Crippen MR) is 127 cm³/mol. The lowest BCUT2D eigenvalue weighted by atomic mass is 9.83. The number of benzene rings is 3. The largest absolute Gasteiger partial charge is 0.352 e. The van der Waals surface area contributed by atoms with E-state index >= 15 is 0 Å². The summed E-state index contributed by atoms with van der Waals surface area (Å²) in [6, 6.07) is 22.2. The highest BCUT2D eigenvalue weighted by molar-refractivity contribution is 5.94. The van der Waals surface area contributed by atoms with Crippen molar-refractivity contribution in [2.45, 2.75) is 32.7 Å². The smallest absolute Gasteiger partial charge is 0.253 e. The van der Waals surface area contributed by atoms with Crippen LogP contribution in [0, 0.1) is 25.6 Å². The van der Waals surface area contributed by atoms with Gasteiger partial charge >= 0.3 is 0 Å². The summed E-state index contributed by atoms with van der Waals surface area (Å²) >= 11 is 0. The SMILES string of the molecule is Cc1cccc(CNC(=O)[C@H]2C[C@H](c3ccc(F)c(C)c3)CN(C(=O)c3ccccc3)C2)c1. The Morgan fingerprint density at radius 1 is 0.970 bits per heavy atom. The number of nitrogens with one attached hydrogen (secondary N) is 1. The van der Waals surface area contributed by atoms with Gasteiger partial charge in [0, 0.05) is 31.1 Å². The average Bonchev–Trinajstić information content (AvgIpc) is 2.84. The van der Waals surface area contributed by atoms with Gasteiger partial charge in [0.1, 0.15) is 5.82 Å². The first-order chi connectivity index (χ1) is 15.9. The molecular weight excluding hydrogens is 415 g/mol. The second-order valence-electron chi connectivity index (χ2n) is 8.92. The zero-order valence-corrected chi connectivity index (χ0v) is 19.1. The normalized spacial score (nSPS) is 18.1. The summed E-state index contributed by atoms with van der Waals surface area (Å²) in [6.07, 6.45) is 0.614. The third-order valence-corrected chi connectivity index (χ3v) is 6.33. The van der Waals surface area contributed by atoms with Crippen LogP contribution >= 0.6 is 0 Å². The molecule has 0 saturated carbocycles. The highest BCUT2D eigenvalue weighted by Crippen LogP contribution is 2.32. The van der Waals surface area contributed by atoms with Crippen molar-refractivity contribution < 1.29 is 14.0 Å². The molecule has 4 nitrogen and oxygen atoms in total. The Labute approximate surface area is 194 Å². The van der Waals surface area contributed by atoms with Gasteiger partial charge in [0.15, 0.2) is 0 Å². The Kier molecular flexibility index (Phi) is 6.87. The molecule has 3 aromatic carbocycles. The predicted octanol–water partition coefficient (Wildman–Crippen LogP) is 5.00. The molecule has 1 aliphatic rings. The van der Waals surface area contributed by atoms with E-state index in [2.05, 4.69) is 11.4 Å². The number of hydrogen-bond acceptors (Lipinski definition) is 2. The van der Waals surface area contributed by atoms with E-state index in [-0.39, 0.29) is 29.5 Å².